The molecule has 0 spiro atoms. The van der Waals surface area contributed by atoms with Gasteiger partial charge in [-0.25, -0.2) is 13.6 Å². The summed E-state index contributed by atoms with van der Waals surface area (Å²) < 4.78 is 23.5. The second-order valence-electron chi connectivity index (χ2n) is 5.03. The lowest BCUT2D eigenvalue weighted by Gasteiger charge is -2.26. The predicted octanol–water partition coefficient (Wildman–Crippen LogP) is 0.636. The van der Waals surface area contributed by atoms with Gasteiger partial charge >= 0.3 is 0 Å². The molecule has 0 atom stereocenters. The molecule has 1 aliphatic heterocycles. The minimum absolute atomic E-state index is 0.0714. The first-order valence-electron chi connectivity index (χ1n) is 6.84. The molecule has 20 heavy (non-hydrogen) atoms. The predicted molar refractivity (Wildman–Crippen MR) is 73.7 cm³/mol. The maximum absolute atomic E-state index is 12.4. The summed E-state index contributed by atoms with van der Waals surface area (Å²) in [7, 11) is -3.97. The average molecular weight is 300 g/mol. The van der Waals surface area contributed by atoms with Gasteiger partial charge in [-0.1, -0.05) is 13.3 Å². The summed E-state index contributed by atoms with van der Waals surface area (Å²) >= 11 is 0. The lowest BCUT2D eigenvalue weighted by Crippen LogP contribution is -2.36. The molecule has 0 unspecified atom stereocenters. The topological polar surface area (TPSA) is 109 Å². The molecule has 2 heterocycles. The van der Waals surface area contributed by atoms with Crippen molar-refractivity contribution >= 4 is 15.9 Å². The number of aromatic nitrogens is 2. The third kappa shape index (κ3) is 3.01. The number of nitrogens with two attached hydrogens (primary N) is 1. The van der Waals surface area contributed by atoms with Crippen LogP contribution >= 0.6 is 0 Å². The highest BCUT2D eigenvalue weighted by atomic mass is 32.2. The second-order valence-corrected chi connectivity index (χ2v) is 6.53. The van der Waals surface area contributed by atoms with Gasteiger partial charge < -0.3 is 4.90 Å². The maximum atomic E-state index is 12.4. The quantitative estimate of drug-likeness (QED) is 0.850. The van der Waals surface area contributed by atoms with E-state index in [0.29, 0.717) is 25.2 Å². The van der Waals surface area contributed by atoms with Crippen molar-refractivity contribution in [3.63, 3.8) is 0 Å². The molecular formula is C12H20N4O3S. The van der Waals surface area contributed by atoms with E-state index in [2.05, 4.69) is 10.2 Å². The van der Waals surface area contributed by atoms with Crippen LogP contribution in [0, 0.1) is 0 Å². The molecule has 112 valence electrons. The van der Waals surface area contributed by atoms with Gasteiger partial charge in [0.25, 0.3) is 5.91 Å². The normalized spacial score (nSPS) is 16.4. The van der Waals surface area contributed by atoms with Gasteiger partial charge in [0.2, 0.25) is 10.0 Å². The van der Waals surface area contributed by atoms with Crippen LogP contribution in [0.4, 0.5) is 0 Å². The van der Waals surface area contributed by atoms with Crippen molar-refractivity contribution in [2.45, 2.75) is 43.9 Å². The van der Waals surface area contributed by atoms with E-state index in [1.807, 2.05) is 6.92 Å². The lowest BCUT2D eigenvalue weighted by atomic mass is 10.1. The van der Waals surface area contributed by atoms with Crippen LogP contribution in [0.3, 0.4) is 0 Å². The average Bonchev–Trinajstić information content (AvgIpc) is 2.83. The molecular weight excluding hydrogens is 280 g/mol. The van der Waals surface area contributed by atoms with E-state index in [0.717, 1.165) is 25.7 Å². The second kappa shape index (κ2) is 5.92. The molecule has 0 aliphatic carbocycles. The summed E-state index contributed by atoms with van der Waals surface area (Å²) in [6, 6.07) is 0. The number of carbonyl (C=O) groups is 1. The Bertz CT molecular complexity index is 588. The number of primary sulfonamides is 1. The Morgan fingerprint density at radius 1 is 1.35 bits per heavy atom. The molecule has 1 saturated heterocycles. The first-order valence-corrected chi connectivity index (χ1v) is 8.39. The molecule has 1 amide bonds. The monoisotopic (exact) mass is 300 g/mol. The molecule has 1 aromatic rings. The van der Waals surface area contributed by atoms with Gasteiger partial charge in [-0.05, 0) is 25.7 Å². The zero-order valence-electron chi connectivity index (χ0n) is 11.6. The summed E-state index contributed by atoms with van der Waals surface area (Å²) in [6.45, 7) is 3.19. The van der Waals surface area contributed by atoms with Crippen molar-refractivity contribution in [2.75, 3.05) is 13.1 Å². The van der Waals surface area contributed by atoms with Crippen LogP contribution in [0.15, 0.2) is 4.90 Å². The van der Waals surface area contributed by atoms with Crippen molar-refractivity contribution < 1.29 is 13.2 Å². The summed E-state index contributed by atoms with van der Waals surface area (Å²) in [4.78, 5) is 13.9. The van der Waals surface area contributed by atoms with E-state index in [1.165, 1.54) is 0 Å². The third-order valence-corrected chi connectivity index (χ3v) is 4.43. The zero-order chi connectivity index (χ0) is 14.8. The number of sulfonamides is 1. The molecule has 3 N–H and O–H groups in total. The van der Waals surface area contributed by atoms with Crippen LogP contribution in [-0.2, 0) is 16.4 Å². The number of aromatic amines is 1. The number of carbonyl (C=O) groups excluding carboxylic acids is 1. The maximum Gasteiger partial charge on any atom is 0.275 e. The number of amides is 1. The van der Waals surface area contributed by atoms with Gasteiger partial charge in [0.05, 0.1) is 5.69 Å². The minimum Gasteiger partial charge on any atom is -0.337 e. The number of hydrogen-bond acceptors (Lipinski definition) is 4. The fourth-order valence-electron chi connectivity index (χ4n) is 2.49. The lowest BCUT2D eigenvalue weighted by molar-refractivity contribution is 0.0714. The Hall–Kier alpha value is -1.41. The third-order valence-electron chi connectivity index (χ3n) is 3.42. The van der Waals surface area contributed by atoms with E-state index in [9.17, 15) is 13.2 Å². The Labute approximate surface area is 118 Å². The molecule has 1 aromatic heterocycles. The number of nitrogens with zero attached hydrogens (tertiary/aromatic N) is 2. The Morgan fingerprint density at radius 2 is 2.00 bits per heavy atom. The van der Waals surface area contributed by atoms with Crippen LogP contribution in [0.1, 0.15) is 48.8 Å². The molecule has 1 aliphatic rings. The first-order chi connectivity index (χ1) is 9.45. The molecule has 8 heteroatoms. The largest absolute Gasteiger partial charge is 0.337 e. The highest BCUT2D eigenvalue weighted by molar-refractivity contribution is 7.89. The molecule has 0 bridgehead atoms. The van der Waals surface area contributed by atoms with Crippen LogP contribution < -0.4 is 5.14 Å². The van der Waals surface area contributed by atoms with Gasteiger partial charge in [-0.3, -0.25) is 9.89 Å². The van der Waals surface area contributed by atoms with E-state index in [1.54, 1.807) is 4.90 Å². The van der Waals surface area contributed by atoms with E-state index < -0.39 is 10.0 Å². The number of aryl methyl sites for hydroxylation is 1. The van der Waals surface area contributed by atoms with Crippen molar-refractivity contribution in [1.29, 1.82) is 0 Å². The first kappa shape index (κ1) is 15.0. The molecule has 0 aromatic carbocycles. The van der Waals surface area contributed by atoms with Gasteiger partial charge in [-0.2, -0.15) is 5.10 Å². The standard InChI is InChI=1S/C12H20N4O3S/c1-2-6-9-11(20(13,18)19)10(15-14-9)12(17)16-7-4-3-5-8-16/h2-8H2,1H3,(H,14,15)(H2,13,18,19). The van der Waals surface area contributed by atoms with Crippen molar-refractivity contribution in [1.82, 2.24) is 15.1 Å². The van der Waals surface area contributed by atoms with Crippen molar-refractivity contribution in [3.05, 3.63) is 11.4 Å². The summed E-state index contributed by atoms with van der Waals surface area (Å²) in [5.41, 5.74) is 0.341. The Balaban J connectivity index is 2.38. The van der Waals surface area contributed by atoms with Crippen LogP contribution in [0.2, 0.25) is 0 Å². The van der Waals surface area contributed by atoms with Crippen LogP contribution in [0.5, 0.6) is 0 Å². The summed E-state index contributed by atoms with van der Waals surface area (Å²) in [5.74, 6) is -0.354. The van der Waals surface area contributed by atoms with E-state index >= 15 is 0 Å². The molecule has 1 fully saturated rings. The minimum atomic E-state index is -3.97. The molecule has 0 saturated carbocycles. The number of likely N-dealkylation sites (tertiary alicyclic amines) is 1. The van der Waals surface area contributed by atoms with Gasteiger partial charge in [-0.15, -0.1) is 0 Å². The van der Waals surface area contributed by atoms with Gasteiger partial charge in [0.15, 0.2) is 5.69 Å². The molecule has 0 radical (unpaired) electrons. The zero-order valence-corrected chi connectivity index (χ0v) is 12.4. The van der Waals surface area contributed by atoms with Gasteiger partial charge in [0, 0.05) is 13.1 Å². The molecule has 2 rings (SSSR count). The number of rotatable bonds is 4. The van der Waals surface area contributed by atoms with Crippen LogP contribution in [0.25, 0.3) is 0 Å². The summed E-state index contributed by atoms with van der Waals surface area (Å²) in [5, 5.41) is 11.8. The van der Waals surface area contributed by atoms with Crippen molar-refractivity contribution in [3.8, 4) is 0 Å². The van der Waals surface area contributed by atoms with E-state index in [-0.39, 0.29) is 16.5 Å². The number of hydrogen-bond donors (Lipinski definition) is 2. The Kier molecular flexibility index (Phi) is 4.44. The number of piperidine rings is 1. The fraction of sp³-hybridized carbons (Fsp3) is 0.667. The van der Waals surface area contributed by atoms with Crippen molar-refractivity contribution in [2.24, 2.45) is 5.14 Å². The smallest absolute Gasteiger partial charge is 0.275 e. The Morgan fingerprint density at radius 3 is 2.55 bits per heavy atom. The van der Waals surface area contributed by atoms with Gasteiger partial charge in [0.1, 0.15) is 4.90 Å². The number of nitrogens with one attached hydrogen (secondary N) is 1. The van der Waals surface area contributed by atoms with E-state index in [4.69, 9.17) is 5.14 Å². The number of H-pyrrole nitrogens is 1. The fourth-order valence-corrected chi connectivity index (χ4v) is 3.38. The van der Waals surface area contributed by atoms with Crippen LogP contribution in [-0.4, -0.2) is 42.5 Å². The summed E-state index contributed by atoms with van der Waals surface area (Å²) in [6.07, 6.45) is 4.19. The highest BCUT2D eigenvalue weighted by Gasteiger charge is 2.30. The molecule has 7 nitrogen and oxygen atoms in total. The highest BCUT2D eigenvalue weighted by Crippen LogP contribution is 2.21. The SMILES string of the molecule is CCCc1[nH]nc(C(=O)N2CCCCC2)c1S(N)(=O)=O.